The van der Waals surface area contributed by atoms with Gasteiger partial charge in [0.25, 0.3) is 0 Å². The van der Waals surface area contributed by atoms with Gasteiger partial charge < -0.3 is 9.64 Å². The molecule has 1 aromatic heterocycles. The molecular weight excluding hydrogens is 427 g/mol. The van der Waals surface area contributed by atoms with E-state index in [1.807, 2.05) is 58.8 Å². The number of nitriles is 1. The molecule has 1 aliphatic rings. The number of alkyl halides is 2. The van der Waals surface area contributed by atoms with E-state index in [4.69, 9.17) is 27.9 Å². The molecule has 1 fully saturated rings. The lowest BCUT2D eigenvalue weighted by molar-refractivity contribution is 0.488. The van der Waals surface area contributed by atoms with Gasteiger partial charge in [-0.2, -0.15) is 9.64 Å². The summed E-state index contributed by atoms with van der Waals surface area (Å²) in [4.78, 5) is 6.36. The summed E-state index contributed by atoms with van der Waals surface area (Å²) in [5.74, 6) is 0.693. The quantitative estimate of drug-likeness (QED) is 0.302. The van der Waals surface area contributed by atoms with Crippen molar-refractivity contribution in [1.29, 1.82) is 5.26 Å². The van der Waals surface area contributed by atoms with Crippen LogP contribution in [0.15, 0.2) is 17.1 Å². The van der Waals surface area contributed by atoms with Crippen LogP contribution in [-0.4, -0.2) is 34.0 Å². The lowest BCUT2D eigenvalue weighted by Gasteiger charge is -2.14. The first-order valence-electron chi connectivity index (χ1n) is 9.37. The number of rotatable bonds is 6. The van der Waals surface area contributed by atoms with Gasteiger partial charge in [0, 0.05) is 31.5 Å². The highest BCUT2D eigenvalue weighted by molar-refractivity contribution is 7.08. The van der Waals surface area contributed by atoms with E-state index in [2.05, 4.69) is 15.4 Å². The molecule has 8 heteroatoms. The third-order valence-electron chi connectivity index (χ3n) is 5.67. The fourth-order valence-corrected chi connectivity index (χ4v) is 5.59. The van der Waals surface area contributed by atoms with Gasteiger partial charge in [-0.05, 0) is 43.5 Å². The van der Waals surface area contributed by atoms with E-state index in [1.54, 1.807) is 6.34 Å². The number of hydrogen-bond acceptors (Lipinski definition) is 5. The molecule has 3 rings (SSSR count). The number of aromatic nitrogens is 1. The molecule has 154 valence electrons. The summed E-state index contributed by atoms with van der Waals surface area (Å²) in [6, 6.07) is 6.16. The second-order valence-electron chi connectivity index (χ2n) is 7.69. The van der Waals surface area contributed by atoms with Crippen molar-refractivity contribution in [2.24, 2.45) is 10.9 Å². The summed E-state index contributed by atoms with van der Waals surface area (Å²) in [5.41, 5.74) is 3.32. The van der Waals surface area contributed by atoms with E-state index < -0.39 is 9.75 Å². The number of benzene rings is 1. The Morgan fingerprint density at radius 3 is 2.52 bits per heavy atom. The third-order valence-corrected chi connectivity index (χ3v) is 7.73. The van der Waals surface area contributed by atoms with Crippen molar-refractivity contribution >= 4 is 46.8 Å². The number of ether oxygens (including phenoxy) is 1. The van der Waals surface area contributed by atoms with Gasteiger partial charge in [0.2, 0.25) is 5.06 Å². The standard InChI is InChI=1S/C21H24Cl2N4OS/c1-7-20(14(4)21(20,22)23)18-15(10-24)19(29-26-18)28-17-9-12(2)16(8-13(17)3)25-11-27(5)6/h8-9,11,14H,7H2,1-6H3/b25-11-. The molecule has 2 unspecified atom stereocenters. The topological polar surface area (TPSA) is 61.5 Å². The van der Waals surface area contributed by atoms with E-state index in [0.717, 1.165) is 16.8 Å². The fourth-order valence-electron chi connectivity index (χ4n) is 3.76. The van der Waals surface area contributed by atoms with Crippen molar-refractivity contribution in [1.82, 2.24) is 9.27 Å². The van der Waals surface area contributed by atoms with E-state index in [0.29, 0.717) is 28.5 Å². The smallest absolute Gasteiger partial charge is 0.218 e. The van der Waals surface area contributed by atoms with Gasteiger partial charge in [-0.1, -0.05) is 13.8 Å². The lowest BCUT2D eigenvalue weighted by atomic mass is 9.93. The summed E-state index contributed by atoms with van der Waals surface area (Å²) in [5, 5.41) is 10.3. The summed E-state index contributed by atoms with van der Waals surface area (Å²) in [6.45, 7) is 7.94. The Bertz CT molecular complexity index is 1010. The molecule has 0 saturated heterocycles. The van der Waals surface area contributed by atoms with Gasteiger partial charge in [-0.3, -0.25) is 0 Å². The van der Waals surface area contributed by atoms with Crippen molar-refractivity contribution in [3.8, 4) is 16.9 Å². The molecular formula is C21H24Cl2N4OS. The summed E-state index contributed by atoms with van der Waals surface area (Å²) in [6.07, 6.45) is 2.47. The first-order valence-corrected chi connectivity index (χ1v) is 10.9. The van der Waals surface area contributed by atoms with Gasteiger partial charge in [-0.15, -0.1) is 23.2 Å². The number of aliphatic imine (C=N–C) groups is 1. The van der Waals surface area contributed by atoms with Crippen molar-refractivity contribution in [3.63, 3.8) is 0 Å². The predicted octanol–water partition coefficient (Wildman–Crippen LogP) is 6.12. The number of hydrogen-bond donors (Lipinski definition) is 0. The Morgan fingerprint density at radius 2 is 2.00 bits per heavy atom. The van der Waals surface area contributed by atoms with Crippen LogP contribution in [-0.2, 0) is 5.41 Å². The maximum absolute atomic E-state index is 9.83. The molecule has 2 atom stereocenters. The Labute approximate surface area is 186 Å². The molecule has 1 aromatic carbocycles. The van der Waals surface area contributed by atoms with Crippen LogP contribution in [0, 0.1) is 31.1 Å². The fraction of sp³-hybridized carbons (Fsp3) is 0.476. The van der Waals surface area contributed by atoms with Crippen LogP contribution in [0.1, 0.15) is 42.7 Å². The predicted molar refractivity (Wildman–Crippen MR) is 120 cm³/mol. The average Bonchev–Trinajstić information content (AvgIpc) is 2.94. The second-order valence-corrected chi connectivity index (χ2v) is 9.81. The molecule has 0 radical (unpaired) electrons. The maximum atomic E-state index is 9.83. The van der Waals surface area contributed by atoms with E-state index >= 15 is 0 Å². The minimum Gasteiger partial charge on any atom is -0.443 e. The van der Waals surface area contributed by atoms with Gasteiger partial charge in [0.1, 0.15) is 21.7 Å². The largest absolute Gasteiger partial charge is 0.443 e. The van der Waals surface area contributed by atoms with E-state index in [9.17, 15) is 5.26 Å². The molecule has 1 heterocycles. The SMILES string of the molecule is CCC1(c2nsc(Oc3cc(C)c(/N=C\N(C)C)cc3C)c2C#N)C(C)C1(Cl)Cl. The van der Waals surface area contributed by atoms with Crippen LogP contribution in [0.5, 0.6) is 10.8 Å². The van der Waals surface area contributed by atoms with E-state index in [-0.39, 0.29) is 5.92 Å². The minimum atomic E-state index is -0.919. The average molecular weight is 451 g/mol. The summed E-state index contributed by atoms with van der Waals surface area (Å²) >= 11 is 14.2. The van der Waals surface area contributed by atoms with Crippen molar-refractivity contribution in [2.75, 3.05) is 14.1 Å². The van der Waals surface area contributed by atoms with Crippen LogP contribution in [0.25, 0.3) is 0 Å². The second kappa shape index (κ2) is 7.79. The lowest BCUT2D eigenvalue weighted by Crippen LogP contribution is -2.16. The molecule has 2 aromatic rings. The van der Waals surface area contributed by atoms with Crippen molar-refractivity contribution < 1.29 is 4.74 Å². The monoisotopic (exact) mass is 450 g/mol. The minimum absolute atomic E-state index is 0.0169. The third kappa shape index (κ3) is 3.50. The molecule has 1 aliphatic carbocycles. The number of nitrogens with zero attached hydrogens (tertiary/aromatic N) is 4. The van der Waals surface area contributed by atoms with Gasteiger partial charge in [0.05, 0.1) is 23.1 Å². The molecule has 0 amide bonds. The number of aryl methyl sites for hydroxylation is 2. The Balaban J connectivity index is 1.96. The van der Waals surface area contributed by atoms with Gasteiger partial charge in [-0.25, -0.2) is 4.99 Å². The first-order chi connectivity index (χ1) is 13.6. The first kappa shape index (κ1) is 21.9. The molecule has 0 aliphatic heterocycles. The highest BCUT2D eigenvalue weighted by atomic mass is 35.5. The summed E-state index contributed by atoms with van der Waals surface area (Å²) < 4.78 is 9.76. The highest BCUT2D eigenvalue weighted by Crippen LogP contribution is 2.71. The molecule has 5 nitrogen and oxygen atoms in total. The van der Waals surface area contributed by atoms with Crippen LogP contribution in [0.3, 0.4) is 0 Å². The molecule has 29 heavy (non-hydrogen) atoms. The van der Waals surface area contributed by atoms with Gasteiger partial charge >= 0.3 is 0 Å². The Morgan fingerprint density at radius 1 is 1.34 bits per heavy atom. The highest BCUT2D eigenvalue weighted by Gasteiger charge is 2.75. The van der Waals surface area contributed by atoms with E-state index in [1.165, 1.54) is 11.5 Å². The van der Waals surface area contributed by atoms with Crippen LogP contribution in [0.2, 0.25) is 0 Å². The number of halogens is 2. The van der Waals surface area contributed by atoms with Gasteiger partial charge in [0.15, 0.2) is 0 Å². The molecule has 0 spiro atoms. The van der Waals surface area contributed by atoms with Crippen molar-refractivity contribution in [2.45, 2.75) is 43.9 Å². The zero-order chi connectivity index (χ0) is 21.6. The van der Waals surface area contributed by atoms with Crippen molar-refractivity contribution in [3.05, 3.63) is 34.5 Å². The maximum Gasteiger partial charge on any atom is 0.218 e. The van der Waals surface area contributed by atoms with Crippen LogP contribution < -0.4 is 4.74 Å². The normalized spacial score (nSPS) is 22.5. The van der Waals surface area contributed by atoms with Crippen LogP contribution >= 0.6 is 34.7 Å². The Hall–Kier alpha value is -1.81. The molecule has 1 saturated carbocycles. The van der Waals surface area contributed by atoms with Crippen LogP contribution in [0.4, 0.5) is 5.69 Å². The molecule has 0 N–H and O–H groups in total. The Kier molecular flexibility index (Phi) is 5.88. The summed E-state index contributed by atoms with van der Waals surface area (Å²) in [7, 11) is 3.85. The zero-order valence-electron chi connectivity index (χ0n) is 17.4. The zero-order valence-corrected chi connectivity index (χ0v) is 19.7. The molecule has 0 bridgehead atoms.